The lowest BCUT2D eigenvalue weighted by molar-refractivity contribution is 0.0161. The zero-order chi connectivity index (χ0) is 15.2. The minimum absolute atomic E-state index is 0.0634. The van der Waals surface area contributed by atoms with Crippen molar-refractivity contribution in [2.45, 2.75) is 6.04 Å². The van der Waals surface area contributed by atoms with Gasteiger partial charge in [-0.15, -0.1) is 0 Å². The predicted molar refractivity (Wildman–Crippen MR) is 78.1 cm³/mol. The van der Waals surface area contributed by atoms with Crippen molar-refractivity contribution in [3.63, 3.8) is 0 Å². The van der Waals surface area contributed by atoms with Crippen LogP contribution in [0.1, 0.15) is 22.1 Å². The Kier molecular flexibility index (Phi) is 4.71. The highest BCUT2D eigenvalue weighted by Crippen LogP contribution is 2.20. The minimum atomic E-state index is -0.240. The quantitative estimate of drug-likeness (QED) is 0.807. The number of aromatic amines is 1. The van der Waals surface area contributed by atoms with Gasteiger partial charge in [0.1, 0.15) is 0 Å². The molecule has 8 nitrogen and oxygen atoms in total. The van der Waals surface area contributed by atoms with Gasteiger partial charge in [0.25, 0.3) is 5.91 Å². The lowest BCUT2D eigenvalue weighted by atomic mass is 10.1. The number of carbonyl (C=O) groups excluding carboxylic acids is 1. The second-order valence-electron chi connectivity index (χ2n) is 5.02. The van der Waals surface area contributed by atoms with Crippen LogP contribution in [0.5, 0.6) is 0 Å². The van der Waals surface area contributed by atoms with E-state index in [4.69, 9.17) is 4.74 Å². The highest BCUT2D eigenvalue weighted by molar-refractivity contribution is 5.91. The SMILES string of the molecule is O=C(NCC(c1cccnc1)N1CCOCC1)c1cn[nH]n1. The molecule has 22 heavy (non-hydrogen) atoms. The highest BCUT2D eigenvalue weighted by atomic mass is 16.5. The number of rotatable bonds is 5. The number of morpholine rings is 1. The molecule has 3 rings (SSSR count). The zero-order valence-electron chi connectivity index (χ0n) is 12.1. The van der Waals surface area contributed by atoms with Gasteiger partial charge in [0.15, 0.2) is 5.69 Å². The summed E-state index contributed by atoms with van der Waals surface area (Å²) in [6.07, 6.45) is 4.99. The Hall–Kier alpha value is -2.32. The van der Waals surface area contributed by atoms with Gasteiger partial charge in [-0.2, -0.15) is 15.4 Å². The molecular weight excluding hydrogens is 284 g/mol. The van der Waals surface area contributed by atoms with E-state index in [1.165, 1.54) is 6.20 Å². The first-order chi connectivity index (χ1) is 10.8. The molecule has 1 aliphatic rings. The Morgan fingerprint density at radius 1 is 1.41 bits per heavy atom. The minimum Gasteiger partial charge on any atom is -0.379 e. The Bertz CT molecular complexity index is 583. The molecular formula is C14H18N6O2. The average molecular weight is 302 g/mol. The maximum atomic E-state index is 12.0. The standard InChI is InChI=1S/C14H18N6O2/c21-14(12-9-17-19-18-12)16-10-13(11-2-1-3-15-8-11)20-4-6-22-7-5-20/h1-3,8-9,13H,4-7,10H2,(H,16,21)(H,17,18,19). The van der Waals surface area contributed by atoms with Crippen molar-refractivity contribution in [2.75, 3.05) is 32.8 Å². The number of nitrogens with zero attached hydrogens (tertiary/aromatic N) is 4. The van der Waals surface area contributed by atoms with E-state index in [9.17, 15) is 4.79 Å². The topological polar surface area (TPSA) is 96.0 Å². The van der Waals surface area contributed by atoms with Gasteiger partial charge in [0.2, 0.25) is 0 Å². The first kappa shape index (κ1) is 14.6. The molecule has 1 saturated heterocycles. The van der Waals surface area contributed by atoms with Gasteiger partial charge in [-0.05, 0) is 11.6 Å². The van der Waals surface area contributed by atoms with Crippen molar-refractivity contribution in [2.24, 2.45) is 0 Å². The number of hydrogen-bond acceptors (Lipinski definition) is 6. The van der Waals surface area contributed by atoms with Crippen molar-refractivity contribution in [1.82, 2.24) is 30.6 Å². The molecule has 3 heterocycles. The summed E-state index contributed by atoms with van der Waals surface area (Å²) in [6.45, 7) is 3.55. The largest absolute Gasteiger partial charge is 0.379 e. The number of nitrogens with one attached hydrogen (secondary N) is 2. The average Bonchev–Trinajstić information content (AvgIpc) is 3.11. The molecule has 0 spiro atoms. The van der Waals surface area contributed by atoms with Crippen LogP contribution in [0.4, 0.5) is 0 Å². The van der Waals surface area contributed by atoms with Crippen molar-refractivity contribution in [3.05, 3.63) is 42.0 Å². The molecule has 0 radical (unpaired) electrons. The molecule has 8 heteroatoms. The van der Waals surface area contributed by atoms with E-state index in [-0.39, 0.29) is 17.6 Å². The summed E-state index contributed by atoms with van der Waals surface area (Å²) in [5, 5.41) is 12.8. The van der Waals surface area contributed by atoms with Crippen molar-refractivity contribution in [3.8, 4) is 0 Å². The molecule has 2 N–H and O–H groups in total. The summed E-state index contributed by atoms with van der Waals surface area (Å²) in [5.74, 6) is -0.240. The summed E-state index contributed by atoms with van der Waals surface area (Å²) >= 11 is 0. The first-order valence-corrected chi connectivity index (χ1v) is 7.20. The molecule has 1 unspecified atom stereocenters. The van der Waals surface area contributed by atoms with Gasteiger partial charge < -0.3 is 10.1 Å². The third-order valence-corrected chi connectivity index (χ3v) is 3.66. The van der Waals surface area contributed by atoms with Crippen LogP contribution in [0.2, 0.25) is 0 Å². The molecule has 0 bridgehead atoms. The summed E-state index contributed by atoms with van der Waals surface area (Å²) in [7, 11) is 0. The van der Waals surface area contributed by atoms with E-state index in [1.807, 2.05) is 18.3 Å². The maximum absolute atomic E-state index is 12.0. The molecule has 1 fully saturated rings. The number of ether oxygens (including phenoxy) is 1. The fraction of sp³-hybridized carbons (Fsp3) is 0.429. The van der Waals surface area contributed by atoms with Crippen LogP contribution in [0, 0.1) is 0 Å². The predicted octanol–water partition coefficient (Wildman–Crippen LogP) is 0.00300. The van der Waals surface area contributed by atoms with Crippen LogP contribution in [0.3, 0.4) is 0 Å². The van der Waals surface area contributed by atoms with Crippen molar-refractivity contribution >= 4 is 5.91 Å². The highest BCUT2D eigenvalue weighted by Gasteiger charge is 2.23. The molecule has 2 aromatic rings. The van der Waals surface area contributed by atoms with Crippen LogP contribution in [-0.2, 0) is 4.74 Å². The number of hydrogen-bond donors (Lipinski definition) is 2. The Labute approximate surface area is 127 Å². The molecule has 1 atom stereocenters. The van der Waals surface area contributed by atoms with Crippen LogP contribution < -0.4 is 5.32 Å². The van der Waals surface area contributed by atoms with E-state index >= 15 is 0 Å². The van der Waals surface area contributed by atoms with Crippen LogP contribution in [-0.4, -0.2) is 64.0 Å². The fourth-order valence-corrected chi connectivity index (χ4v) is 2.51. The number of aromatic nitrogens is 4. The molecule has 0 saturated carbocycles. The normalized spacial score (nSPS) is 17.1. The molecule has 2 aromatic heterocycles. The second-order valence-corrected chi connectivity index (χ2v) is 5.02. The van der Waals surface area contributed by atoms with Gasteiger partial charge in [-0.25, -0.2) is 0 Å². The van der Waals surface area contributed by atoms with Crippen molar-refractivity contribution in [1.29, 1.82) is 0 Å². The fourth-order valence-electron chi connectivity index (χ4n) is 2.51. The molecule has 1 aliphatic heterocycles. The van der Waals surface area contributed by atoms with Crippen LogP contribution >= 0.6 is 0 Å². The van der Waals surface area contributed by atoms with E-state index in [1.54, 1.807) is 6.20 Å². The lowest BCUT2D eigenvalue weighted by Gasteiger charge is -2.34. The molecule has 0 aliphatic carbocycles. The second kappa shape index (κ2) is 7.10. The maximum Gasteiger partial charge on any atom is 0.273 e. The Morgan fingerprint density at radius 2 is 2.27 bits per heavy atom. The van der Waals surface area contributed by atoms with E-state index in [0.717, 1.165) is 18.7 Å². The number of carbonyl (C=O) groups is 1. The van der Waals surface area contributed by atoms with E-state index in [2.05, 4.69) is 30.6 Å². The van der Waals surface area contributed by atoms with Gasteiger partial charge in [-0.3, -0.25) is 14.7 Å². The first-order valence-electron chi connectivity index (χ1n) is 7.20. The zero-order valence-corrected chi connectivity index (χ0v) is 12.1. The summed E-state index contributed by atoms with van der Waals surface area (Å²) in [5.41, 5.74) is 1.36. The molecule has 116 valence electrons. The lowest BCUT2D eigenvalue weighted by Crippen LogP contribution is -2.43. The van der Waals surface area contributed by atoms with Crippen LogP contribution in [0.15, 0.2) is 30.7 Å². The number of H-pyrrole nitrogens is 1. The van der Waals surface area contributed by atoms with Gasteiger partial charge in [0.05, 0.1) is 25.5 Å². The molecule has 0 aromatic carbocycles. The Morgan fingerprint density at radius 3 is 2.95 bits per heavy atom. The van der Waals surface area contributed by atoms with E-state index in [0.29, 0.717) is 19.8 Å². The summed E-state index contributed by atoms with van der Waals surface area (Å²) in [6, 6.07) is 3.99. The summed E-state index contributed by atoms with van der Waals surface area (Å²) in [4.78, 5) is 18.5. The van der Waals surface area contributed by atoms with Crippen molar-refractivity contribution < 1.29 is 9.53 Å². The van der Waals surface area contributed by atoms with Gasteiger partial charge in [-0.1, -0.05) is 6.07 Å². The van der Waals surface area contributed by atoms with Crippen LogP contribution in [0.25, 0.3) is 0 Å². The smallest absolute Gasteiger partial charge is 0.273 e. The third kappa shape index (κ3) is 3.46. The number of amides is 1. The summed E-state index contributed by atoms with van der Waals surface area (Å²) < 4.78 is 5.40. The molecule has 1 amide bonds. The van der Waals surface area contributed by atoms with E-state index < -0.39 is 0 Å². The van der Waals surface area contributed by atoms with Gasteiger partial charge in [0, 0.05) is 32.0 Å². The Balaban J connectivity index is 1.69. The van der Waals surface area contributed by atoms with Gasteiger partial charge >= 0.3 is 0 Å². The monoisotopic (exact) mass is 302 g/mol. The third-order valence-electron chi connectivity index (χ3n) is 3.66. The number of pyridine rings is 1.